The molecule has 1 unspecified atom stereocenters. The minimum Gasteiger partial charge on any atom is -0.465 e. The quantitative estimate of drug-likeness (QED) is 0.718. The zero-order valence-electron chi connectivity index (χ0n) is 10.1. The summed E-state index contributed by atoms with van der Waals surface area (Å²) in [6, 6.07) is -0.389. The van der Waals surface area contributed by atoms with Gasteiger partial charge < -0.3 is 10.1 Å². The Balaban J connectivity index is 2.70. The van der Waals surface area contributed by atoms with Crippen LogP contribution < -0.4 is 5.32 Å². The van der Waals surface area contributed by atoms with Crippen LogP contribution in [0.5, 0.6) is 0 Å². The standard InChI is InChI=1S/C10H18N4O2/c1-5-16-10(15)9(11-4)6-14-8(3)12-7(2)13-14/h9,11H,5-6H2,1-4H3. The number of hydrogen-bond donors (Lipinski definition) is 1. The van der Waals surface area contributed by atoms with Gasteiger partial charge in [-0.25, -0.2) is 9.67 Å². The maximum atomic E-state index is 11.6. The summed E-state index contributed by atoms with van der Waals surface area (Å²) in [5, 5.41) is 7.11. The highest BCUT2D eigenvalue weighted by molar-refractivity contribution is 5.75. The normalized spacial score (nSPS) is 12.5. The van der Waals surface area contributed by atoms with E-state index in [1.165, 1.54) is 0 Å². The largest absolute Gasteiger partial charge is 0.465 e. The number of rotatable bonds is 5. The third kappa shape index (κ3) is 3.03. The van der Waals surface area contributed by atoms with E-state index in [9.17, 15) is 4.79 Å². The molecule has 90 valence electrons. The van der Waals surface area contributed by atoms with E-state index < -0.39 is 0 Å². The second-order valence-electron chi connectivity index (χ2n) is 3.48. The maximum absolute atomic E-state index is 11.6. The number of nitrogens with zero attached hydrogens (tertiary/aromatic N) is 3. The van der Waals surface area contributed by atoms with Crippen LogP contribution in [0.1, 0.15) is 18.6 Å². The fourth-order valence-electron chi connectivity index (χ4n) is 1.43. The van der Waals surface area contributed by atoms with Gasteiger partial charge in [0.25, 0.3) is 0 Å². The summed E-state index contributed by atoms with van der Waals surface area (Å²) in [5.74, 6) is 1.23. The molecule has 0 saturated heterocycles. The predicted molar refractivity (Wildman–Crippen MR) is 59.0 cm³/mol. The Labute approximate surface area is 95.0 Å². The molecule has 1 heterocycles. The first-order valence-electron chi connectivity index (χ1n) is 5.30. The van der Waals surface area contributed by atoms with Gasteiger partial charge in [-0.1, -0.05) is 0 Å². The van der Waals surface area contributed by atoms with Crippen molar-refractivity contribution in [2.45, 2.75) is 33.4 Å². The van der Waals surface area contributed by atoms with E-state index in [1.54, 1.807) is 18.7 Å². The molecule has 16 heavy (non-hydrogen) atoms. The van der Waals surface area contributed by atoms with Crippen molar-refractivity contribution in [1.29, 1.82) is 0 Å². The first-order chi connectivity index (χ1) is 7.58. The van der Waals surface area contributed by atoms with Gasteiger partial charge in [-0.15, -0.1) is 0 Å². The average molecular weight is 226 g/mol. The second-order valence-corrected chi connectivity index (χ2v) is 3.48. The van der Waals surface area contributed by atoms with Crippen molar-refractivity contribution in [1.82, 2.24) is 20.1 Å². The van der Waals surface area contributed by atoms with E-state index in [1.807, 2.05) is 13.8 Å². The number of carbonyl (C=O) groups excluding carboxylic acids is 1. The summed E-state index contributed by atoms with van der Waals surface area (Å²) in [6.07, 6.45) is 0. The number of aryl methyl sites for hydroxylation is 2. The Morgan fingerprint density at radius 1 is 1.56 bits per heavy atom. The minimum absolute atomic E-state index is 0.266. The number of aromatic nitrogens is 3. The molecule has 0 saturated carbocycles. The van der Waals surface area contributed by atoms with E-state index in [0.717, 1.165) is 5.82 Å². The Kier molecular flexibility index (Phi) is 4.42. The summed E-state index contributed by atoms with van der Waals surface area (Å²) >= 11 is 0. The van der Waals surface area contributed by atoms with Crippen molar-refractivity contribution in [3.05, 3.63) is 11.6 Å². The van der Waals surface area contributed by atoms with Crippen LogP contribution in [0.15, 0.2) is 0 Å². The van der Waals surface area contributed by atoms with Crippen molar-refractivity contribution in [3.8, 4) is 0 Å². The van der Waals surface area contributed by atoms with Gasteiger partial charge in [-0.05, 0) is 27.8 Å². The topological polar surface area (TPSA) is 69.0 Å². The van der Waals surface area contributed by atoms with Gasteiger partial charge in [-0.2, -0.15) is 5.10 Å². The first kappa shape index (κ1) is 12.6. The van der Waals surface area contributed by atoms with Crippen molar-refractivity contribution < 1.29 is 9.53 Å². The smallest absolute Gasteiger partial charge is 0.325 e. The van der Waals surface area contributed by atoms with Gasteiger partial charge in [0.1, 0.15) is 17.7 Å². The van der Waals surface area contributed by atoms with Crippen molar-refractivity contribution >= 4 is 5.97 Å². The second kappa shape index (κ2) is 5.60. The molecule has 1 rings (SSSR count). The molecule has 0 aliphatic heterocycles. The Morgan fingerprint density at radius 3 is 2.69 bits per heavy atom. The van der Waals surface area contributed by atoms with Crippen LogP contribution in [-0.2, 0) is 16.1 Å². The number of ether oxygens (including phenoxy) is 1. The molecule has 0 aliphatic rings. The highest BCUT2D eigenvalue weighted by Crippen LogP contribution is 1.99. The molecule has 1 N–H and O–H groups in total. The molecule has 0 bridgehead atoms. The molecule has 0 aromatic carbocycles. The lowest BCUT2D eigenvalue weighted by molar-refractivity contribution is -0.145. The van der Waals surface area contributed by atoms with Gasteiger partial charge in [0.05, 0.1) is 13.2 Å². The lowest BCUT2D eigenvalue weighted by Gasteiger charge is -2.14. The molecule has 0 radical (unpaired) electrons. The lowest BCUT2D eigenvalue weighted by Crippen LogP contribution is -2.39. The molecule has 0 fully saturated rings. The molecule has 1 aromatic heterocycles. The first-order valence-corrected chi connectivity index (χ1v) is 5.30. The summed E-state index contributed by atoms with van der Waals surface area (Å²) in [5.41, 5.74) is 0. The molecular weight excluding hydrogens is 208 g/mol. The highest BCUT2D eigenvalue weighted by atomic mass is 16.5. The summed E-state index contributed by atoms with van der Waals surface area (Å²) < 4.78 is 6.65. The van der Waals surface area contributed by atoms with Gasteiger partial charge in [0, 0.05) is 0 Å². The number of carbonyl (C=O) groups is 1. The highest BCUT2D eigenvalue weighted by Gasteiger charge is 2.19. The zero-order chi connectivity index (χ0) is 12.1. The average Bonchev–Trinajstić information content (AvgIpc) is 2.54. The zero-order valence-corrected chi connectivity index (χ0v) is 10.1. The number of esters is 1. The molecule has 1 atom stereocenters. The summed E-state index contributed by atoms with van der Waals surface area (Å²) in [6.45, 7) is 6.28. The van der Waals surface area contributed by atoms with Gasteiger partial charge in [0.15, 0.2) is 0 Å². The maximum Gasteiger partial charge on any atom is 0.325 e. The summed E-state index contributed by atoms with van der Waals surface area (Å²) in [4.78, 5) is 15.7. The van der Waals surface area contributed by atoms with E-state index in [2.05, 4.69) is 15.4 Å². The SMILES string of the molecule is CCOC(=O)C(Cn1nc(C)nc1C)NC. The van der Waals surface area contributed by atoms with Gasteiger partial charge in [0.2, 0.25) is 0 Å². The molecule has 6 heteroatoms. The van der Waals surface area contributed by atoms with Gasteiger partial charge >= 0.3 is 5.97 Å². The number of nitrogens with one attached hydrogen (secondary N) is 1. The molecule has 0 spiro atoms. The van der Waals surface area contributed by atoms with Crippen LogP contribution in [0.4, 0.5) is 0 Å². The third-order valence-electron chi connectivity index (χ3n) is 2.24. The lowest BCUT2D eigenvalue weighted by atomic mass is 10.3. The van der Waals surface area contributed by atoms with Gasteiger partial charge in [-0.3, -0.25) is 4.79 Å². The summed E-state index contributed by atoms with van der Waals surface area (Å²) in [7, 11) is 1.72. The molecule has 0 aliphatic carbocycles. The van der Waals surface area contributed by atoms with E-state index in [0.29, 0.717) is 19.0 Å². The molecular formula is C10H18N4O2. The van der Waals surface area contributed by atoms with E-state index in [4.69, 9.17) is 4.74 Å². The van der Waals surface area contributed by atoms with Crippen molar-refractivity contribution in [2.24, 2.45) is 0 Å². The monoisotopic (exact) mass is 226 g/mol. The fourth-order valence-corrected chi connectivity index (χ4v) is 1.43. The van der Waals surface area contributed by atoms with Crippen LogP contribution in [0.3, 0.4) is 0 Å². The van der Waals surface area contributed by atoms with Crippen molar-refractivity contribution in [3.63, 3.8) is 0 Å². The third-order valence-corrected chi connectivity index (χ3v) is 2.24. The number of likely N-dealkylation sites (N-methyl/N-ethyl adjacent to an activating group) is 1. The fraction of sp³-hybridized carbons (Fsp3) is 0.700. The van der Waals surface area contributed by atoms with E-state index in [-0.39, 0.29) is 12.0 Å². The van der Waals surface area contributed by atoms with Crippen LogP contribution in [-0.4, -0.2) is 40.4 Å². The van der Waals surface area contributed by atoms with Crippen LogP contribution in [0.2, 0.25) is 0 Å². The number of hydrogen-bond acceptors (Lipinski definition) is 5. The van der Waals surface area contributed by atoms with Crippen LogP contribution in [0, 0.1) is 13.8 Å². The van der Waals surface area contributed by atoms with Crippen LogP contribution in [0.25, 0.3) is 0 Å². The van der Waals surface area contributed by atoms with Crippen LogP contribution >= 0.6 is 0 Å². The minimum atomic E-state index is -0.389. The Hall–Kier alpha value is -1.43. The van der Waals surface area contributed by atoms with E-state index >= 15 is 0 Å². The molecule has 6 nitrogen and oxygen atoms in total. The Morgan fingerprint density at radius 2 is 2.25 bits per heavy atom. The van der Waals surface area contributed by atoms with Crippen molar-refractivity contribution in [2.75, 3.05) is 13.7 Å². The molecule has 0 amide bonds. The Bertz CT molecular complexity index is 362. The molecule has 1 aromatic rings. The predicted octanol–water partition coefficient (Wildman–Crippen LogP) is 0.0460.